The monoisotopic (exact) mass is 269 g/mol. The maximum Gasteiger partial charge on any atom is 0.252 e. The summed E-state index contributed by atoms with van der Waals surface area (Å²) in [6, 6.07) is 3.80. The number of nitrogen functional groups attached to an aromatic ring is 1. The van der Waals surface area contributed by atoms with E-state index < -0.39 is 17.9 Å². The lowest BCUT2D eigenvalue weighted by Gasteiger charge is -2.19. The fraction of sp³-hybridized carbons (Fsp3) is 0.333. The second kappa shape index (κ2) is 5.73. The second-order valence-electron chi connectivity index (χ2n) is 4.33. The van der Waals surface area contributed by atoms with Gasteiger partial charge in [0.1, 0.15) is 6.04 Å². The second-order valence-corrected chi connectivity index (χ2v) is 4.74. The summed E-state index contributed by atoms with van der Waals surface area (Å²) in [6.45, 7) is 3.60. The van der Waals surface area contributed by atoms with Crippen LogP contribution in [0.4, 0.5) is 5.69 Å². The van der Waals surface area contributed by atoms with Gasteiger partial charge in [-0.25, -0.2) is 0 Å². The van der Waals surface area contributed by atoms with Gasteiger partial charge in [0.05, 0.1) is 10.7 Å². The molecule has 98 valence electrons. The van der Waals surface area contributed by atoms with E-state index in [0.717, 1.165) is 0 Å². The van der Waals surface area contributed by atoms with Gasteiger partial charge in [0.25, 0.3) is 5.91 Å². The van der Waals surface area contributed by atoms with Crippen molar-refractivity contribution in [3.63, 3.8) is 0 Å². The third kappa shape index (κ3) is 3.37. The zero-order valence-corrected chi connectivity index (χ0v) is 11.0. The molecule has 0 aliphatic rings. The molecule has 18 heavy (non-hydrogen) atoms. The fourth-order valence-electron chi connectivity index (χ4n) is 1.48. The van der Waals surface area contributed by atoms with Crippen molar-refractivity contribution in [1.82, 2.24) is 5.32 Å². The highest BCUT2D eigenvalue weighted by molar-refractivity contribution is 6.33. The highest BCUT2D eigenvalue weighted by Crippen LogP contribution is 2.19. The van der Waals surface area contributed by atoms with E-state index in [9.17, 15) is 9.59 Å². The molecule has 0 saturated heterocycles. The van der Waals surface area contributed by atoms with E-state index >= 15 is 0 Å². The fourth-order valence-corrected chi connectivity index (χ4v) is 1.59. The Hall–Kier alpha value is -1.75. The Morgan fingerprint density at radius 3 is 2.39 bits per heavy atom. The van der Waals surface area contributed by atoms with E-state index in [1.807, 2.05) is 0 Å². The molecule has 1 aromatic rings. The third-order valence-electron chi connectivity index (χ3n) is 2.52. The molecule has 0 aliphatic carbocycles. The summed E-state index contributed by atoms with van der Waals surface area (Å²) in [6.07, 6.45) is 0. The van der Waals surface area contributed by atoms with Crippen LogP contribution in [0.3, 0.4) is 0 Å². The molecular weight excluding hydrogens is 254 g/mol. The molecule has 0 fully saturated rings. The first-order valence-electron chi connectivity index (χ1n) is 5.48. The molecule has 1 rings (SSSR count). The van der Waals surface area contributed by atoms with Crippen molar-refractivity contribution < 1.29 is 9.59 Å². The van der Waals surface area contributed by atoms with E-state index in [0.29, 0.717) is 16.3 Å². The van der Waals surface area contributed by atoms with Crippen LogP contribution in [0, 0.1) is 5.92 Å². The number of halogens is 1. The van der Waals surface area contributed by atoms with Crippen molar-refractivity contribution in [2.75, 3.05) is 5.73 Å². The molecule has 1 unspecified atom stereocenters. The molecule has 0 radical (unpaired) electrons. The van der Waals surface area contributed by atoms with Crippen molar-refractivity contribution in [2.24, 2.45) is 11.7 Å². The van der Waals surface area contributed by atoms with Crippen LogP contribution in [0.25, 0.3) is 0 Å². The van der Waals surface area contributed by atoms with E-state index in [2.05, 4.69) is 5.32 Å². The van der Waals surface area contributed by atoms with Gasteiger partial charge in [-0.1, -0.05) is 25.4 Å². The predicted molar refractivity (Wildman–Crippen MR) is 71.2 cm³/mol. The first kappa shape index (κ1) is 14.3. The summed E-state index contributed by atoms with van der Waals surface area (Å²) in [4.78, 5) is 23.1. The van der Waals surface area contributed by atoms with Crippen molar-refractivity contribution in [1.29, 1.82) is 0 Å². The minimum absolute atomic E-state index is 0.0869. The van der Waals surface area contributed by atoms with Crippen LogP contribution in [-0.4, -0.2) is 17.9 Å². The molecule has 5 N–H and O–H groups in total. The molecule has 1 aromatic carbocycles. The summed E-state index contributed by atoms with van der Waals surface area (Å²) < 4.78 is 0. The van der Waals surface area contributed by atoms with Crippen LogP contribution >= 0.6 is 11.6 Å². The van der Waals surface area contributed by atoms with Gasteiger partial charge in [0.2, 0.25) is 5.91 Å². The molecule has 0 saturated carbocycles. The lowest BCUT2D eigenvalue weighted by molar-refractivity contribution is -0.120. The number of carbonyl (C=O) groups is 2. The Balaban J connectivity index is 2.87. The smallest absolute Gasteiger partial charge is 0.252 e. The number of amides is 2. The van der Waals surface area contributed by atoms with Crippen LogP contribution in [-0.2, 0) is 4.79 Å². The number of nitrogens with one attached hydrogen (secondary N) is 1. The van der Waals surface area contributed by atoms with E-state index in [1.54, 1.807) is 13.8 Å². The average Bonchev–Trinajstić information content (AvgIpc) is 2.28. The van der Waals surface area contributed by atoms with Crippen molar-refractivity contribution in [3.8, 4) is 0 Å². The van der Waals surface area contributed by atoms with Gasteiger partial charge in [0.15, 0.2) is 0 Å². The molecular formula is C12H16ClN3O2. The number of hydrogen-bond acceptors (Lipinski definition) is 3. The number of carbonyl (C=O) groups excluding carboxylic acids is 2. The quantitative estimate of drug-likeness (QED) is 0.716. The van der Waals surface area contributed by atoms with Gasteiger partial charge < -0.3 is 16.8 Å². The molecule has 6 heteroatoms. The highest BCUT2D eigenvalue weighted by Gasteiger charge is 2.22. The molecule has 0 bridgehead atoms. The van der Waals surface area contributed by atoms with Crippen molar-refractivity contribution >= 4 is 29.1 Å². The first-order chi connectivity index (χ1) is 8.32. The van der Waals surface area contributed by atoms with Gasteiger partial charge in [-0.05, 0) is 24.1 Å². The Morgan fingerprint density at radius 1 is 1.33 bits per heavy atom. The van der Waals surface area contributed by atoms with E-state index in [-0.39, 0.29) is 5.92 Å². The van der Waals surface area contributed by atoms with E-state index in [1.165, 1.54) is 18.2 Å². The number of nitrogens with two attached hydrogens (primary N) is 2. The Morgan fingerprint density at radius 2 is 1.94 bits per heavy atom. The summed E-state index contributed by atoms with van der Waals surface area (Å²) >= 11 is 5.76. The number of hydrogen-bond donors (Lipinski definition) is 3. The SMILES string of the molecule is CC(C)C(NC(=O)c1ccc(Cl)c(N)c1)C(N)=O. The van der Waals surface area contributed by atoms with Gasteiger partial charge >= 0.3 is 0 Å². The maximum atomic E-state index is 11.9. The van der Waals surface area contributed by atoms with Gasteiger partial charge in [-0.15, -0.1) is 0 Å². The summed E-state index contributed by atoms with van der Waals surface area (Å²) in [5.74, 6) is -1.06. The normalized spacial score (nSPS) is 12.2. The third-order valence-corrected chi connectivity index (χ3v) is 2.86. The molecule has 5 nitrogen and oxygen atoms in total. The van der Waals surface area contributed by atoms with E-state index in [4.69, 9.17) is 23.1 Å². The minimum Gasteiger partial charge on any atom is -0.398 e. The highest BCUT2D eigenvalue weighted by atomic mass is 35.5. The summed E-state index contributed by atoms with van der Waals surface area (Å²) in [5.41, 5.74) is 11.5. The van der Waals surface area contributed by atoms with Crippen molar-refractivity contribution in [2.45, 2.75) is 19.9 Å². The predicted octanol–water partition coefficient (Wildman–Crippen LogP) is 1.16. The number of benzene rings is 1. The lowest BCUT2D eigenvalue weighted by atomic mass is 10.0. The average molecular weight is 270 g/mol. The molecule has 2 amide bonds. The molecule has 1 atom stereocenters. The van der Waals surface area contributed by atoms with Gasteiger partial charge in [-0.3, -0.25) is 9.59 Å². The van der Waals surface area contributed by atoms with Crippen LogP contribution in [0.15, 0.2) is 18.2 Å². The van der Waals surface area contributed by atoms with Crippen LogP contribution < -0.4 is 16.8 Å². The number of primary amides is 1. The largest absolute Gasteiger partial charge is 0.398 e. The number of rotatable bonds is 4. The molecule has 0 aliphatic heterocycles. The molecule has 0 aromatic heterocycles. The lowest BCUT2D eigenvalue weighted by Crippen LogP contribution is -2.47. The zero-order valence-electron chi connectivity index (χ0n) is 10.2. The van der Waals surface area contributed by atoms with Gasteiger partial charge in [-0.2, -0.15) is 0 Å². The molecule has 0 spiro atoms. The van der Waals surface area contributed by atoms with Crippen LogP contribution in [0.1, 0.15) is 24.2 Å². The van der Waals surface area contributed by atoms with Gasteiger partial charge in [0, 0.05) is 5.56 Å². The zero-order chi connectivity index (χ0) is 13.9. The maximum absolute atomic E-state index is 11.9. The standard InChI is InChI=1S/C12H16ClN3O2/c1-6(2)10(11(15)17)16-12(18)7-3-4-8(13)9(14)5-7/h3-6,10H,14H2,1-2H3,(H2,15,17)(H,16,18). The Kier molecular flexibility index (Phi) is 4.55. The Bertz CT molecular complexity index is 474. The first-order valence-corrected chi connectivity index (χ1v) is 5.86. The minimum atomic E-state index is -0.714. The number of anilines is 1. The van der Waals surface area contributed by atoms with Crippen LogP contribution in [0.5, 0.6) is 0 Å². The van der Waals surface area contributed by atoms with Crippen molar-refractivity contribution in [3.05, 3.63) is 28.8 Å². The van der Waals surface area contributed by atoms with Crippen LogP contribution in [0.2, 0.25) is 5.02 Å². The Labute approximate surface area is 110 Å². The summed E-state index contributed by atoms with van der Waals surface area (Å²) in [7, 11) is 0. The summed E-state index contributed by atoms with van der Waals surface area (Å²) in [5, 5.41) is 2.94. The molecule has 0 heterocycles. The topological polar surface area (TPSA) is 98.2 Å².